The maximum absolute atomic E-state index is 11.9. The van der Waals surface area contributed by atoms with Crippen LogP contribution < -0.4 is 5.73 Å². The van der Waals surface area contributed by atoms with Crippen LogP contribution >= 0.6 is 0 Å². The third kappa shape index (κ3) is 3.88. The van der Waals surface area contributed by atoms with Crippen molar-refractivity contribution in [3.05, 3.63) is 126 Å². The summed E-state index contributed by atoms with van der Waals surface area (Å²) in [5.74, 6) is -0.338. The Bertz CT molecular complexity index is 1030. The molecule has 0 radical (unpaired) electrons. The highest BCUT2D eigenvalue weighted by atomic mass is 16.5. The monoisotopic (exact) mass is 412 g/mol. The number of hydrogen-bond acceptors (Lipinski definition) is 3. The van der Waals surface area contributed by atoms with Gasteiger partial charge in [0.1, 0.15) is 5.54 Å². The number of aromatic nitrogens is 2. The van der Waals surface area contributed by atoms with Crippen LogP contribution in [0.15, 0.2) is 104 Å². The van der Waals surface area contributed by atoms with E-state index in [0.29, 0.717) is 6.42 Å². The normalized spacial score (nSPS) is 12.3. The van der Waals surface area contributed by atoms with Crippen LogP contribution in [0.5, 0.6) is 0 Å². The van der Waals surface area contributed by atoms with Crippen LogP contribution in [0, 0.1) is 0 Å². The van der Waals surface area contributed by atoms with Crippen LogP contribution in [0.4, 0.5) is 0 Å². The molecule has 0 saturated carbocycles. The highest BCUT2D eigenvalue weighted by molar-refractivity contribution is 5.74. The fourth-order valence-corrected chi connectivity index (χ4v) is 4.14. The number of benzene rings is 3. The van der Waals surface area contributed by atoms with Gasteiger partial charge in [0.25, 0.3) is 0 Å². The average molecular weight is 413 g/mol. The molecule has 1 atom stereocenters. The molecule has 4 rings (SSSR count). The van der Waals surface area contributed by atoms with E-state index >= 15 is 0 Å². The van der Waals surface area contributed by atoms with Gasteiger partial charge in [0.15, 0.2) is 6.04 Å². The molecule has 0 unspecified atom stereocenters. The average Bonchev–Trinajstić information content (AvgIpc) is 3.29. The maximum atomic E-state index is 11.9. The Morgan fingerprint density at radius 3 is 1.77 bits per heavy atom. The molecule has 0 fully saturated rings. The lowest BCUT2D eigenvalue weighted by molar-refractivity contribution is -0.407. The minimum atomic E-state index is -0.614. The van der Waals surface area contributed by atoms with Crippen LogP contribution in [-0.2, 0) is 21.5 Å². The van der Waals surface area contributed by atoms with Gasteiger partial charge in [0.2, 0.25) is 0 Å². The number of nitrogens with zero attached hydrogens (tertiary/aromatic N) is 2. The van der Waals surface area contributed by atoms with Gasteiger partial charge in [-0.15, -0.1) is 0 Å². The third-order valence-corrected chi connectivity index (χ3v) is 5.59. The molecule has 0 amide bonds. The first-order chi connectivity index (χ1) is 15.2. The molecular formula is C26H26N3O2+. The van der Waals surface area contributed by atoms with E-state index in [1.807, 2.05) is 30.7 Å². The molecule has 0 saturated heterocycles. The summed E-state index contributed by atoms with van der Waals surface area (Å²) in [5.41, 5.74) is 7.46. The molecule has 0 bridgehead atoms. The molecule has 3 aromatic carbocycles. The van der Waals surface area contributed by atoms with Gasteiger partial charge in [-0.05, 0) is 16.7 Å². The number of ether oxygens (including phenoxy) is 1. The fraction of sp³-hybridized carbons (Fsp3) is 0.154. The van der Waals surface area contributed by atoms with Crippen LogP contribution in [0.2, 0.25) is 0 Å². The lowest BCUT2D eigenvalue weighted by Gasteiger charge is -2.37. The molecule has 1 aromatic heterocycles. The molecule has 156 valence electrons. The zero-order valence-electron chi connectivity index (χ0n) is 17.5. The van der Waals surface area contributed by atoms with Gasteiger partial charge in [-0.3, -0.25) is 0 Å². The highest BCUT2D eigenvalue weighted by Crippen LogP contribution is 2.40. The van der Waals surface area contributed by atoms with Gasteiger partial charge in [0, 0.05) is 6.20 Å². The molecule has 0 aliphatic heterocycles. The molecule has 3 N–H and O–H groups in total. The fourth-order valence-electron chi connectivity index (χ4n) is 4.14. The van der Waals surface area contributed by atoms with Crippen molar-refractivity contribution in [2.75, 3.05) is 7.11 Å². The number of rotatable bonds is 7. The number of imidazole rings is 1. The third-order valence-electron chi connectivity index (χ3n) is 5.59. The summed E-state index contributed by atoms with van der Waals surface area (Å²) in [4.78, 5) is 16.5. The van der Waals surface area contributed by atoms with Crippen LogP contribution in [0.25, 0.3) is 0 Å². The number of carbonyl (C=O) groups is 1. The topological polar surface area (TPSA) is 71.8 Å². The van der Waals surface area contributed by atoms with Gasteiger partial charge < -0.3 is 15.0 Å². The molecule has 5 nitrogen and oxygen atoms in total. The van der Waals surface area contributed by atoms with E-state index in [9.17, 15) is 4.79 Å². The van der Waals surface area contributed by atoms with Gasteiger partial charge in [0.05, 0.1) is 25.6 Å². The molecule has 0 aliphatic rings. The Labute approximate surface area is 182 Å². The van der Waals surface area contributed by atoms with E-state index in [2.05, 4.69) is 88.1 Å². The largest absolute Gasteiger partial charge is 0.465 e. The number of hydrogen-bond donors (Lipinski definition) is 1. The van der Waals surface area contributed by atoms with E-state index in [1.54, 1.807) is 0 Å². The summed E-state index contributed by atoms with van der Waals surface area (Å²) in [6, 6.07) is 30.7. The van der Waals surface area contributed by atoms with Crippen molar-refractivity contribution in [2.24, 2.45) is 0 Å². The maximum Gasteiger partial charge on any atom is 0.364 e. The summed E-state index contributed by atoms with van der Waals surface area (Å²) in [6.45, 7) is 0. The number of esters is 1. The summed E-state index contributed by atoms with van der Waals surface area (Å²) in [7, 11) is 1.38. The van der Waals surface area contributed by atoms with Gasteiger partial charge in [-0.1, -0.05) is 91.0 Å². The summed E-state index contributed by atoms with van der Waals surface area (Å²) in [5, 5.41) is 0. The summed E-state index contributed by atoms with van der Waals surface area (Å²) >= 11 is 0. The van der Waals surface area contributed by atoms with E-state index in [1.165, 1.54) is 7.11 Å². The van der Waals surface area contributed by atoms with Crippen molar-refractivity contribution >= 4 is 5.97 Å². The molecule has 31 heavy (non-hydrogen) atoms. The quantitative estimate of drug-likeness (QED) is 0.375. The Kier molecular flexibility index (Phi) is 5.96. The van der Waals surface area contributed by atoms with Crippen molar-refractivity contribution in [2.45, 2.75) is 18.0 Å². The van der Waals surface area contributed by atoms with E-state index < -0.39 is 11.6 Å². The molecule has 0 spiro atoms. The number of quaternary nitrogens is 1. The van der Waals surface area contributed by atoms with Crippen molar-refractivity contribution in [3.8, 4) is 0 Å². The smallest absolute Gasteiger partial charge is 0.364 e. The standard InChI is InChI=1S/C26H25N3O2/c1-31-25(30)24(27)17-23-18-29(19-28-23)26(20-11-5-2-6-12-20,21-13-7-3-8-14-21)22-15-9-4-10-16-22/h2-16,18-19,24H,17,27H2,1H3/p+1/t24-/m1/s1. The Hall–Kier alpha value is -3.70. The molecule has 4 aromatic rings. The first-order valence-electron chi connectivity index (χ1n) is 10.3. The van der Waals surface area contributed by atoms with Crippen molar-refractivity contribution in [1.82, 2.24) is 9.55 Å². The van der Waals surface area contributed by atoms with Crippen LogP contribution in [0.3, 0.4) is 0 Å². The Morgan fingerprint density at radius 1 is 0.903 bits per heavy atom. The minimum Gasteiger partial charge on any atom is -0.465 e. The van der Waals surface area contributed by atoms with E-state index in [0.717, 1.165) is 22.4 Å². The summed E-state index contributed by atoms with van der Waals surface area (Å²) < 4.78 is 6.96. The van der Waals surface area contributed by atoms with Gasteiger partial charge in [-0.2, -0.15) is 0 Å². The van der Waals surface area contributed by atoms with Gasteiger partial charge in [-0.25, -0.2) is 9.78 Å². The summed E-state index contributed by atoms with van der Waals surface area (Å²) in [6.07, 6.45) is 4.26. The predicted octanol–water partition coefficient (Wildman–Crippen LogP) is 3.05. The lowest BCUT2D eigenvalue weighted by atomic mass is 9.77. The van der Waals surface area contributed by atoms with Crippen LogP contribution in [-0.4, -0.2) is 28.7 Å². The predicted molar refractivity (Wildman–Crippen MR) is 119 cm³/mol. The highest BCUT2D eigenvalue weighted by Gasteiger charge is 2.38. The van der Waals surface area contributed by atoms with Crippen molar-refractivity contribution < 1.29 is 15.3 Å². The first kappa shape index (κ1) is 20.6. The SMILES string of the molecule is COC(=O)[C@H]([NH3+])Cc1cn(C(c2ccccc2)(c2ccccc2)c2ccccc2)cn1. The zero-order chi connectivity index (χ0) is 21.7. The Morgan fingerprint density at radius 2 is 1.35 bits per heavy atom. The second-order valence-corrected chi connectivity index (χ2v) is 7.50. The van der Waals surface area contributed by atoms with Crippen molar-refractivity contribution in [3.63, 3.8) is 0 Å². The molecular weight excluding hydrogens is 386 g/mol. The second-order valence-electron chi connectivity index (χ2n) is 7.50. The Balaban J connectivity index is 1.93. The zero-order valence-corrected chi connectivity index (χ0v) is 17.5. The lowest BCUT2D eigenvalue weighted by Crippen LogP contribution is -2.66. The first-order valence-corrected chi connectivity index (χ1v) is 10.3. The molecule has 0 aliphatic carbocycles. The van der Waals surface area contributed by atoms with E-state index in [4.69, 9.17) is 4.74 Å². The van der Waals surface area contributed by atoms with Gasteiger partial charge >= 0.3 is 5.97 Å². The number of methoxy groups -OCH3 is 1. The minimum absolute atomic E-state index is 0.338. The molecule has 1 heterocycles. The van der Waals surface area contributed by atoms with Crippen LogP contribution in [0.1, 0.15) is 22.4 Å². The van der Waals surface area contributed by atoms with E-state index in [-0.39, 0.29) is 5.97 Å². The van der Waals surface area contributed by atoms with Crippen molar-refractivity contribution in [1.29, 1.82) is 0 Å². The number of carbonyl (C=O) groups excluding carboxylic acids is 1. The molecule has 5 heteroatoms. The second kappa shape index (κ2) is 8.98.